The molecule has 1 rings (SSSR count). The second kappa shape index (κ2) is 3.81. The van der Waals surface area contributed by atoms with Crippen molar-refractivity contribution in [2.24, 2.45) is 15.0 Å². The molecule has 0 atom stereocenters. The van der Waals surface area contributed by atoms with Crippen molar-refractivity contribution in [2.45, 2.75) is 13.3 Å². The number of hydrogen-bond donors (Lipinski definition) is 0. The van der Waals surface area contributed by atoms with Crippen molar-refractivity contribution in [1.82, 2.24) is 0 Å². The van der Waals surface area contributed by atoms with Crippen LogP contribution in [-0.4, -0.2) is 25.3 Å². The minimum atomic E-state index is 0.664. The van der Waals surface area contributed by atoms with Gasteiger partial charge >= 0.3 is 0 Å². The van der Waals surface area contributed by atoms with Gasteiger partial charge in [0.15, 0.2) is 0 Å². The summed E-state index contributed by atoms with van der Waals surface area (Å²) in [6, 6.07) is 0. The van der Waals surface area contributed by atoms with Crippen molar-refractivity contribution in [3.63, 3.8) is 0 Å². The van der Waals surface area contributed by atoms with Gasteiger partial charge in [-0.1, -0.05) is 6.92 Å². The van der Waals surface area contributed by atoms with Gasteiger partial charge in [-0.05, 0) is 12.8 Å². The van der Waals surface area contributed by atoms with Crippen molar-refractivity contribution in [2.75, 3.05) is 6.54 Å². The molecule has 1 heterocycles. The Labute approximate surface area is 66.3 Å². The molecule has 0 fully saturated rings. The zero-order chi connectivity index (χ0) is 8.10. The van der Waals surface area contributed by atoms with Gasteiger partial charge < -0.3 is 0 Å². The van der Waals surface area contributed by atoms with Gasteiger partial charge in [-0.25, -0.2) is 4.99 Å². The second-order valence-corrected chi connectivity index (χ2v) is 2.16. The molecule has 0 amide bonds. The molecule has 58 valence electrons. The van der Waals surface area contributed by atoms with Gasteiger partial charge in [-0.2, -0.15) is 0 Å². The van der Waals surface area contributed by atoms with Crippen LogP contribution >= 0.6 is 0 Å². The highest BCUT2D eigenvalue weighted by Gasteiger charge is 1.95. The van der Waals surface area contributed by atoms with Crippen LogP contribution in [0.3, 0.4) is 0 Å². The van der Waals surface area contributed by atoms with Gasteiger partial charge in [-0.3, -0.25) is 9.98 Å². The molecule has 3 heteroatoms. The Kier molecular flexibility index (Phi) is 2.72. The van der Waals surface area contributed by atoms with E-state index in [2.05, 4.69) is 21.7 Å². The number of hydrogen-bond acceptors (Lipinski definition) is 3. The number of amidine groups is 1. The van der Waals surface area contributed by atoms with Crippen molar-refractivity contribution in [1.29, 1.82) is 0 Å². The highest BCUT2D eigenvalue weighted by molar-refractivity contribution is 5.95. The molecule has 0 N–H and O–H groups in total. The fraction of sp³-hybridized carbons (Fsp3) is 0.375. The van der Waals surface area contributed by atoms with Gasteiger partial charge in [0, 0.05) is 6.42 Å². The number of allylic oxidation sites excluding steroid dienone is 1. The van der Waals surface area contributed by atoms with E-state index in [0.717, 1.165) is 18.0 Å². The van der Waals surface area contributed by atoms with E-state index in [1.165, 1.54) is 0 Å². The first kappa shape index (κ1) is 7.85. The van der Waals surface area contributed by atoms with Crippen molar-refractivity contribution >= 4 is 18.8 Å². The van der Waals surface area contributed by atoms with E-state index in [1.807, 2.05) is 13.0 Å². The maximum Gasteiger partial charge on any atom is 0.123 e. The summed E-state index contributed by atoms with van der Waals surface area (Å²) in [4.78, 5) is 12.1. The molecule has 3 nitrogen and oxygen atoms in total. The first-order chi connectivity index (χ1) is 5.36. The van der Waals surface area contributed by atoms with Crippen molar-refractivity contribution < 1.29 is 0 Å². The summed E-state index contributed by atoms with van der Waals surface area (Å²) in [6.45, 7) is 6.11. The fourth-order valence-electron chi connectivity index (χ4n) is 0.787. The Hall–Kier alpha value is -1.25. The molecule has 1 aliphatic heterocycles. The summed E-state index contributed by atoms with van der Waals surface area (Å²) < 4.78 is 0. The van der Waals surface area contributed by atoms with Crippen LogP contribution < -0.4 is 0 Å². The van der Waals surface area contributed by atoms with Crippen LogP contribution in [0.25, 0.3) is 0 Å². The molecule has 0 spiro atoms. The van der Waals surface area contributed by atoms with Gasteiger partial charge in [0.25, 0.3) is 0 Å². The lowest BCUT2D eigenvalue weighted by molar-refractivity contribution is 1.16. The summed E-state index contributed by atoms with van der Waals surface area (Å²) in [7, 11) is 0. The average Bonchev–Trinajstić information content (AvgIpc) is 2.28. The van der Waals surface area contributed by atoms with Crippen molar-refractivity contribution in [3.05, 3.63) is 11.8 Å². The second-order valence-electron chi connectivity index (χ2n) is 2.16. The third-order valence-corrected chi connectivity index (χ3v) is 1.42. The summed E-state index contributed by atoms with van der Waals surface area (Å²) in [5.41, 5.74) is 0.803. The van der Waals surface area contributed by atoms with Crippen LogP contribution in [0.15, 0.2) is 26.8 Å². The first-order valence-electron chi connectivity index (χ1n) is 3.61. The Bertz CT molecular complexity index is 236. The van der Waals surface area contributed by atoms with E-state index in [1.54, 1.807) is 6.21 Å². The lowest BCUT2D eigenvalue weighted by Gasteiger charge is -1.89. The summed E-state index contributed by atoms with van der Waals surface area (Å²) in [5, 5.41) is 0. The largest absolute Gasteiger partial charge is 0.266 e. The van der Waals surface area contributed by atoms with E-state index in [4.69, 9.17) is 0 Å². The maximum absolute atomic E-state index is 4.19. The van der Waals surface area contributed by atoms with Gasteiger partial charge in [0.1, 0.15) is 5.84 Å². The average molecular weight is 149 g/mol. The molecular weight excluding hydrogens is 138 g/mol. The summed E-state index contributed by atoms with van der Waals surface area (Å²) >= 11 is 0. The maximum atomic E-state index is 4.19. The zero-order valence-electron chi connectivity index (χ0n) is 6.62. The molecule has 0 aliphatic carbocycles. The standard InChI is InChI=1S/C8H11N3/c1-3-8-10-5-4-7(9-2)6-11-8/h4,6H,2-3,5H2,1H3. The summed E-state index contributed by atoms with van der Waals surface area (Å²) in [6.07, 6.45) is 4.47. The molecule has 0 aromatic carbocycles. The summed E-state index contributed by atoms with van der Waals surface area (Å²) in [5.74, 6) is 0.875. The van der Waals surface area contributed by atoms with E-state index >= 15 is 0 Å². The Morgan fingerprint density at radius 2 is 2.55 bits per heavy atom. The van der Waals surface area contributed by atoms with E-state index in [9.17, 15) is 0 Å². The highest BCUT2D eigenvalue weighted by Crippen LogP contribution is 1.99. The number of aliphatic imine (C=N–C) groups is 3. The SMILES string of the molecule is C=NC1=CCN=C(CC)N=C1. The van der Waals surface area contributed by atoms with Crippen LogP contribution in [-0.2, 0) is 0 Å². The van der Waals surface area contributed by atoms with Gasteiger partial charge in [0.05, 0.1) is 18.5 Å². The molecule has 0 aromatic rings. The van der Waals surface area contributed by atoms with Gasteiger partial charge in [-0.15, -0.1) is 0 Å². The zero-order valence-corrected chi connectivity index (χ0v) is 6.62. The lowest BCUT2D eigenvalue weighted by Crippen LogP contribution is -1.90. The smallest absolute Gasteiger partial charge is 0.123 e. The first-order valence-corrected chi connectivity index (χ1v) is 3.61. The molecule has 0 aromatic heterocycles. The quantitative estimate of drug-likeness (QED) is 0.533. The Morgan fingerprint density at radius 1 is 1.73 bits per heavy atom. The topological polar surface area (TPSA) is 37.1 Å². The number of rotatable bonds is 2. The molecule has 11 heavy (non-hydrogen) atoms. The third kappa shape index (κ3) is 2.11. The Balaban J connectivity index is 2.73. The normalized spacial score (nSPS) is 16.8. The highest BCUT2D eigenvalue weighted by atomic mass is 14.9. The van der Waals surface area contributed by atoms with E-state index in [-0.39, 0.29) is 0 Å². The molecule has 0 unspecified atom stereocenters. The van der Waals surface area contributed by atoms with Crippen LogP contribution in [0.5, 0.6) is 0 Å². The molecule has 0 saturated heterocycles. The monoisotopic (exact) mass is 149 g/mol. The van der Waals surface area contributed by atoms with Gasteiger partial charge in [0.2, 0.25) is 0 Å². The van der Waals surface area contributed by atoms with Crippen LogP contribution in [0.1, 0.15) is 13.3 Å². The van der Waals surface area contributed by atoms with E-state index < -0.39 is 0 Å². The van der Waals surface area contributed by atoms with Crippen LogP contribution in [0, 0.1) is 0 Å². The molecule has 0 bridgehead atoms. The number of nitrogens with zero attached hydrogens (tertiary/aromatic N) is 3. The van der Waals surface area contributed by atoms with Crippen LogP contribution in [0.2, 0.25) is 0 Å². The molecule has 0 saturated carbocycles. The predicted molar refractivity (Wildman–Crippen MR) is 48.7 cm³/mol. The molecular formula is C8H11N3. The van der Waals surface area contributed by atoms with Crippen LogP contribution in [0.4, 0.5) is 0 Å². The van der Waals surface area contributed by atoms with Crippen molar-refractivity contribution in [3.8, 4) is 0 Å². The predicted octanol–water partition coefficient (Wildman–Crippen LogP) is 1.46. The molecule has 0 radical (unpaired) electrons. The van der Waals surface area contributed by atoms with E-state index in [0.29, 0.717) is 6.54 Å². The molecule has 1 aliphatic rings. The minimum Gasteiger partial charge on any atom is -0.266 e. The minimum absolute atomic E-state index is 0.664. The third-order valence-electron chi connectivity index (χ3n) is 1.42. The lowest BCUT2D eigenvalue weighted by atomic mass is 10.4. The Morgan fingerprint density at radius 3 is 3.18 bits per heavy atom. The fourth-order valence-corrected chi connectivity index (χ4v) is 0.787.